The molecule has 0 aliphatic rings. The first kappa shape index (κ1) is 28.3. The van der Waals surface area contributed by atoms with Crippen LogP contribution >= 0.6 is 0 Å². The van der Waals surface area contributed by atoms with E-state index in [1.165, 1.54) is 29.2 Å². The zero-order valence-corrected chi connectivity index (χ0v) is 22.2. The molecule has 0 saturated carbocycles. The third-order valence-corrected chi connectivity index (χ3v) is 6.73. The SMILES string of the molecule is Cc1ccccc1CN(C(=O)CCCN(c1ccc(F)cc1)S(C)(=O)=O)[C@@H](C)C(=O)NC(C)(C)C. The maximum Gasteiger partial charge on any atom is 0.242 e. The number of anilines is 1. The van der Waals surface area contributed by atoms with Gasteiger partial charge < -0.3 is 10.2 Å². The summed E-state index contributed by atoms with van der Waals surface area (Å²) in [6, 6.07) is 12.1. The second-order valence-electron chi connectivity index (χ2n) is 9.78. The molecule has 0 aliphatic carbocycles. The molecule has 1 atom stereocenters. The van der Waals surface area contributed by atoms with Crippen LogP contribution in [0.25, 0.3) is 0 Å². The first-order chi connectivity index (χ1) is 16.2. The Morgan fingerprint density at radius 3 is 2.20 bits per heavy atom. The van der Waals surface area contributed by atoms with Crippen LogP contribution in [0, 0.1) is 12.7 Å². The average Bonchev–Trinajstić information content (AvgIpc) is 2.74. The lowest BCUT2D eigenvalue weighted by molar-refractivity contribution is -0.141. The van der Waals surface area contributed by atoms with Crippen molar-refractivity contribution in [2.45, 2.75) is 65.6 Å². The predicted molar refractivity (Wildman–Crippen MR) is 137 cm³/mol. The highest BCUT2D eigenvalue weighted by Gasteiger charge is 2.29. The fourth-order valence-electron chi connectivity index (χ4n) is 3.64. The van der Waals surface area contributed by atoms with E-state index in [4.69, 9.17) is 0 Å². The Bertz CT molecular complexity index is 1130. The Kier molecular flexibility index (Phi) is 9.43. The Balaban J connectivity index is 2.19. The van der Waals surface area contributed by atoms with Crippen LogP contribution in [0.1, 0.15) is 51.7 Å². The molecule has 0 radical (unpaired) electrons. The van der Waals surface area contributed by atoms with Gasteiger partial charge in [-0.3, -0.25) is 13.9 Å². The number of amides is 2. The number of aryl methyl sites for hydroxylation is 1. The van der Waals surface area contributed by atoms with Crippen molar-refractivity contribution >= 4 is 27.5 Å². The number of rotatable bonds is 10. The van der Waals surface area contributed by atoms with Gasteiger partial charge in [0.2, 0.25) is 21.8 Å². The van der Waals surface area contributed by atoms with Gasteiger partial charge in [-0.25, -0.2) is 12.8 Å². The van der Waals surface area contributed by atoms with Crippen LogP contribution < -0.4 is 9.62 Å². The Morgan fingerprint density at radius 2 is 1.66 bits per heavy atom. The van der Waals surface area contributed by atoms with Crippen LogP contribution in [-0.2, 0) is 26.2 Å². The predicted octanol–water partition coefficient (Wildman–Crippen LogP) is 4.01. The third kappa shape index (κ3) is 8.65. The van der Waals surface area contributed by atoms with E-state index in [2.05, 4.69) is 5.32 Å². The van der Waals surface area contributed by atoms with E-state index in [9.17, 15) is 22.4 Å². The molecule has 2 aromatic rings. The van der Waals surface area contributed by atoms with E-state index >= 15 is 0 Å². The quantitative estimate of drug-likeness (QED) is 0.529. The lowest BCUT2D eigenvalue weighted by Gasteiger charge is -2.32. The minimum Gasteiger partial charge on any atom is -0.350 e. The molecule has 0 aromatic heterocycles. The van der Waals surface area contributed by atoms with Gasteiger partial charge in [0.25, 0.3) is 0 Å². The molecule has 2 rings (SSSR count). The highest BCUT2D eigenvalue weighted by molar-refractivity contribution is 7.92. The van der Waals surface area contributed by atoms with Crippen molar-refractivity contribution in [1.82, 2.24) is 10.2 Å². The van der Waals surface area contributed by atoms with Gasteiger partial charge in [-0.1, -0.05) is 24.3 Å². The van der Waals surface area contributed by atoms with Crippen LogP contribution in [-0.4, -0.2) is 49.5 Å². The Labute approximate surface area is 208 Å². The molecular formula is C26H36FN3O4S. The maximum atomic E-state index is 13.3. The molecule has 2 aromatic carbocycles. The fourth-order valence-corrected chi connectivity index (χ4v) is 4.60. The molecule has 0 bridgehead atoms. The molecular weight excluding hydrogens is 469 g/mol. The average molecular weight is 506 g/mol. The number of nitrogens with one attached hydrogen (secondary N) is 1. The first-order valence-corrected chi connectivity index (χ1v) is 13.4. The van der Waals surface area contributed by atoms with E-state index in [1.807, 2.05) is 52.0 Å². The molecule has 0 saturated heterocycles. The summed E-state index contributed by atoms with van der Waals surface area (Å²) in [7, 11) is -3.63. The van der Waals surface area contributed by atoms with Crippen molar-refractivity contribution in [2.24, 2.45) is 0 Å². The summed E-state index contributed by atoms with van der Waals surface area (Å²) >= 11 is 0. The van der Waals surface area contributed by atoms with Gasteiger partial charge in [0.05, 0.1) is 11.9 Å². The fraction of sp³-hybridized carbons (Fsp3) is 0.462. The number of hydrogen-bond donors (Lipinski definition) is 1. The Hall–Kier alpha value is -2.94. The topological polar surface area (TPSA) is 86.8 Å². The molecule has 1 N–H and O–H groups in total. The lowest BCUT2D eigenvalue weighted by Crippen LogP contribution is -2.52. The zero-order chi connectivity index (χ0) is 26.4. The molecule has 0 fully saturated rings. The zero-order valence-electron chi connectivity index (χ0n) is 21.3. The minimum atomic E-state index is -3.63. The summed E-state index contributed by atoms with van der Waals surface area (Å²) in [5.74, 6) is -0.979. The summed E-state index contributed by atoms with van der Waals surface area (Å²) in [4.78, 5) is 27.7. The van der Waals surface area contributed by atoms with Crippen LogP contribution in [0.5, 0.6) is 0 Å². The van der Waals surface area contributed by atoms with Crippen molar-refractivity contribution in [3.8, 4) is 0 Å². The van der Waals surface area contributed by atoms with Crippen LogP contribution in [0.4, 0.5) is 10.1 Å². The van der Waals surface area contributed by atoms with Crippen molar-refractivity contribution in [3.63, 3.8) is 0 Å². The first-order valence-electron chi connectivity index (χ1n) is 11.6. The number of carbonyl (C=O) groups is 2. The van der Waals surface area contributed by atoms with E-state index in [-0.39, 0.29) is 37.7 Å². The standard InChI is InChI=1S/C26H36FN3O4S/c1-19-10-7-8-11-21(19)18-29(20(2)25(32)28-26(3,4)5)24(31)12-9-17-30(35(6,33)34)23-15-13-22(27)14-16-23/h7-8,10-11,13-16,20H,9,12,17-18H2,1-6H3,(H,28,32)/t20-/m0/s1. The summed E-state index contributed by atoms with van der Waals surface area (Å²) in [5.41, 5.74) is 1.82. The van der Waals surface area contributed by atoms with Crippen LogP contribution in [0.3, 0.4) is 0 Å². The summed E-state index contributed by atoms with van der Waals surface area (Å²) in [6.07, 6.45) is 1.36. The molecule has 0 unspecified atom stereocenters. The van der Waals surface area contributed by atoms with Crippen molar-refractivity contribution in [2.75, 3.05) is 17.1 Å². The highest BCUT2D eigenvalue weighted by Crippen LogP contribution is 2.20. The summed E-state index contributed by atoms with van der Waals surface area (Å²) < 4.78 is 39.1. The summed E-state index contributed by atoms with van der Waals surface area (Å²) in [5, 5.41) is 2.92. The Morgan fingerprint density at radius 1 is 1.06 bits per heavy atom. The smallest absolute Gasteiger partial charge is 0.242 e. The largest absolute Gasteiger partial charge is 0.350 e. The third-order valence-electron chi connectivity index (χ3n) is 5.53. The van der Waals surface area contributed by atoms with Gasteiger partial charge in [0, 0.05) is 25.0 Å². The number of halogens is 1. The van der Waals surface area contributed by atoms with Gasteiger partial charge in [0.1, 0.15) is 11.9 Å². The van der Waals surface area contributed by atoms with Gasteiger partial charge in [0.15, 0.2) is 0 Å². The van der Waals surface area contributed by atoms with Crippen LogP contribution in [0.2, 0.25) is 0 Å². The van der Waals surface area contributed by atoms with Crippen LogP contribution in [0.15, 0.2) is 48.5 Å². The molecule has 35 heavy (non-hydrogen) atoms. The molecule has 192 valence electrons. The van der Waals surface area contributed by atoms with Crippen molar-refractivity contribution in [3.05, 3.63) is 65.5 Å². The minimum absolute atomic E-state index is 0.0479. The number of nitrogens with zero attached hydrogens (tertiary/aromatic N) is 2. The number of sulfonamides is 1. The monoisotopic (exact) mass is 505 g/mol. The number of carbonyl (C=O) groups excluding carboxylic acids is 2. The van der Waals surface area contributed by atoms with E-state index in [0.717, 1.165) is 21.7 Å². The summed E-state index contributed by atoms with van der Waals surface area (Å²) in [6.45, 7) is 9.58. The molecule has 9 heteroatoms. The van der Waals surface area contributed by atoms with Gasteiger partial charge in [-0.2, -0.15) is 0 Å². The van der Waals surface area contributed by atoms with Crippen molar-refractivity contribution in [1.29, 1.82) is 0 Å². The van der Waals surface area contributed by atoms with Gasteiger partial charge in [-0.05, 0) is 76.4 Å². The second kappa shape index (κ2) is 11.7. The number of benzene rings is 2. The van der Waals surface area contributed by atoms with Gasteiger partial charge in [-0.15, -0.1) is 0 Å². The maximum absolute atomic E-state index is 13.3. The second-order valence-corrected chi connectivity index (χ2v) is 11.7. The molecule has 2 amide bonds. The normalized spacial score (nSPS) is 12.7. The molecule has 0 aliphatic heterocycles. The van der Waals surface area contributed by atoms with E-state index < -0.39 is 27.4 Å². The van der Waals surface area contributed by atoms with E-state index in [0.29, 0.717) is 5.69 Å². The lowest BCUT2D eigenvalue weighted by atomic mass is 10.1. The number of hydrogen-bond acceptors (Lipinski definition) is 4. The van der Waals surface area contributed by atoms with E-state index in [1.54, 1.807) is 6.92 Å². The highest BCUT2D eigenvalue weighted by atomic mass is 32.2. The van der Waals surface area contributed by atoms with Gasteiger partial charge >= 0.3 is 0 Å². The molecule has 0 heterocycles. The molecule has 7 nitrogen and oxygen atoms in total. The van der Waals surface area contributed by atoms with Crippen molar-refractivity contribution < 1.29 is 22.4 Å². The molecule has 0 spiro atoms.